The Labute approximate surface area is 151 Å². The Balaban J connectivity index is 2.11. The fourth-order valence-electron chi connectivity index (χ4n) is 2.32. The number of H-pyrrole nitrogens is 2. The first-order chi connectivity index (χ1) is 12.0. The lowest BCUT2D eigenvalue weighted by Crippen LogP contribution is -2.46. The number of ether oxygens (including phenoxy) is 2. The van der Waals surface area contributed by atoms with Gasteiger partial charge in [-0.1, -0.05) is 0 Å². The minimum absolute atomic E-state index is 0.0518. The standard InChI is InChI=1S/C14H14N4O5S2/c1-2-22-12(21)14(8(24)10-15-3-4-16-10)9(7(19)11(20)23-14)25-13-17-5-6-18-13/h3-6,8,19,24H,2H2,1H3,(H,15,16)(H,17,18). The number of imidazole rings is 2. The van der Waals surface area contributed by atoms with Crippen LogP contribution in [0.25, 0.3) is 0 Å². The summed E-state index contributed by atoms with van der Waals surface area (Å²) in [4.78, 5) is 38.5. The third kappa shape index (κ3) is 2.89. The normalized spacial score (nSPS) is 21.3. The molecule has 1 aliphatic heterocycles. The van der Waals surface area contributed by atoms with Crippen molar-refractivity contribution >= 4 is 36.3 Å². The number of aromatic nitrogens is 4. The zero-order valence-corrected chi connectivity index (χ0v) is 14.6. The van der Waals surface area contributed by atoms with E-state index in [1.165, 1.54) is 18.6 Å². The topological polar surface area (TPSA) is 130 Å². The highest BCUT2D eigenvalue weighted by atomic mass is 32.2. The number of nitrogens with one attached hydrogen (secondary N) is 2. The maximum absolute atomic E-state index is 12.8. The van der Waals surface area contributed by atoms with Crippen LogP contribution < -0.4 is 0 Å². The van der Waals surface area contributed by atoms with E-state index in [2.05, 4.69) is 32.6 Å². The van der Waals surface area contributed by atoms with Crippen LogP contribution in [0.4, 0.5) is 0 Å². The second kappa shape index (κ2) is 6.84. The largest absolute Gasteiger partial charge is 0.501 e. The molecule has 0 saturated carbocycles. The molecular formula is C14H14N4O5S2. The van der Waals surface area contributed by atoms with Gasteiger partial charge < -0.3 is 24.5 Å². The highest BCUT2D eigenvalue weighted by Crippen LogP contribution is 2.50. The quantitative estimate of drug-likeness (QED) is 0.437. The Hall–Kier alpha value is -2.40. The first kappa shape index (κ1) is 17.4. The van der Waals surface area contributed by atoms with Gasteiger partial charge in [0.2, 0.25) is 5.76 Å². The van der Waals surface area contributed by atoms with Gasteiger partial charge in [0.1, 0.15) is 11.1 Å². The molecule has 3 rings (SSSR count). The molecule has 132 valence electrons. The van der Waals surface area contributed by atoms with Crippen molar-refractivity contribution in [2.75, 3.05) is 6.61 Å². The molecule has 0 saturated heterocycles. The molecule has 0 amide bonds. The minimum Gasteiger partial charge on any atom is -0.501 e. The molecule has 11 heteroatoms. The summed E-state index contributed by atoms with van der Waals surface area (Å²) in [6.45, 7) is 1.67. The maximum atomic E-state index is 12.8. The van der Waals surface area contributed by atoms with Crippen LogP contribution in [-0.4, -0.2) is 49.2 Å². The Morgan fingerprint density at radius 1 is 1.44 bits per heavy atom. The van der Waals surface area contributed by atoms with E-state index in [0.29, 0.717) is 5.16 Å². The maximum Gasteiger partial charge on any atom is 0.375 e. The lowest BCUT2D eigenvalue weighted by Gasteiger charge is -2.31. The van der Waals surface area contributed by atoms with Crippen LogP contribution in [0.5, 0.6) is 0 Å². The monoisotopic (exact) mass is 382 g/mol. The molecule has 25 heavy (non-hydrogen) atoms. The second-order valence-corrected chi connectivity index (χ2v) is 6.41. The summed E-state index contributed by atoms with van der Waals surface area (Å²) in [6.07, 6.45) is 6.07. The number of aromatic amines is 2. The Morgan fingerprint density at radius 3 is 2.76 bits per heavy atom. The lowest BCUT2D eigenvalue weighted by molar-refractivity contribution is -0.172. The van der Waals surface area contributed by atoms with Crippen LogP contribution in [-0.2, 0) is 19.1 Å². The van der Waals surface area contributed by atoms with Gasteiger partial charge in [-0.15, -0.1) is 0 Å². The third-order valence-electron chi connectivity index (χ3n) is 3.41. The highest BCUT2D eigenvalue weighted by Gasteiger charge is 2.61. The van der Waals surface area contributed by atoms with Crippen LogP contribution in [0.1, 0.15) is 18.0 Å². The van der Waals surface area contributed by atoms with Crippen LogP contribution >= 0.6 is 24.4 Å². The van der Waals surface area contributed by atoms with E-state index in [1.807, 2.05) is 0 Å². The van der Waals surface area contributed by atoms with Crippen LogP contribution in [0.2, 0.25) is 0 Å². The average Bonchev–Trinajstić information content (AvgIpc) is 3.33. The summed E-state index contributed by atoms with van der Waals surface area (Å²) in [6, 6.07) is 0. The molecule has 0 bridgehead atoms. The van der Waals surface area contributed by atoms with Crippen molar-refractivity contribution in [3.05, 3.63) is 41.3 Å². The van der Waals surface area contributed by atoms with Crippen molar-refractivity contribution in [2.24, 2.45) is 0 Å². The van der Waals surface area contributed by atoms with Crippen LogP contribution in [0, 0.1) is 0 Å². The van der Waals surface area contributed by atoms with Gasteiger partial charge in [-0.05, 0) is 18.7 Å². The van der Waals surface area contributed by atoms with E-state index in [-0.39, 0.29) is 17.3 Å². The number of rotatable bonds is 6. The molecule has 9 nitrogen and oxygen atoms in total. The van der Waals surface area contributed by atoms with Gasteiger partial charge in [-0.2, -0.15) is 12.6 Å². The van der Waals surface area contributed by atoms with Gasteiger partial charge in [0.15, 0.2) is 5.16 Å². The molecule has 2 aromatic rings. The van der Waals surface area contributed by atoms with E-state index in [1.54, 1.807) is 13.1 Å². The summed E-state index contributed by atoms with van der Waals surface area (Å²) >= 11 is 5.31. The van der Waals surface area contributed by atoms with Crippen LogP contribution in [0.3, 0.4) is 0 Å². The van der Waals surface area contributed by atoms with Gasteiger partial charge in [0, 0.05) is 24.8 Å². The first-order valence-corrected chi connectivity index (χ1v) is 8.52. The van der Waals surface area contributed by atoms with Gasteiger partial charge in [0.25, 0.3) is 5.60 Å². The number of thiol groups is 1. The molecule has 0 radical (unpaired) electrons. The number of cyclic esters (lactones) is 1. The van der Waals surface area contributed by atoms with Crippen molar-refractivity contribution in [1.82, 2.24) is 19.9 Å². The van der Waals surface area contributed by atoms with E-state index in [4.69, 9.17) is 9.47 Å². The van der Waals surface area contributed by atoms with Crippen molar-refractivity contribution in [3.8, 4) is 0 Å². The first-order valence-electron chi connectivity index (χ1n) is 7.19. The molecule has 0 spiro atoms. The SMILES string of the molecule is CCOC(=O)C1(C(S)c2ncc[nH]2)OC(=O)C(O)=C1Sc1ncc[nH]1. The number of nitrogens with zero attached hydrogens (tertiary/aromatic N) is 2. The minimum atomic E-state index is -1.99. The molecular weight excluding hydrogens is 368 g/mol. The predicted octanol–water partition coefficient (Wildman–Crippen LogP) is 1.52. The van der Waals surface area contributed by atoms with Gasteiger partial charge >= 0.3 is 11.9 Å². The van der Waals surface area contributed by atoms with E-state index in [9.17, 15) is 14.7 Å². The summed E-state index contributed by atoms with van der Waals surface area (Å²) in [5.74, 6) is -2.33. The molecule has 0 fully saturated rings. The van der Waals surface area contributed by atoms with Gasteiger partial charge in [-0.25, -0.2) is 19.6 Å². The third-order valence-corrected chi connectivity index (χ3v) is 5.14. The molecule has 0 aliphatic carbocycles. The van der Waals surface area contributed by atoms with E-state index < -0.39 is 28.5 Å². The zero-order valence-electron chi connectivity index (χ0n) is 12.9. The number of thioether (sulfide) groups is 1. The van der Waals surface area contributed by atoms with Gasteiger partial charge in [0.05, 0.1) is 11.5 Å². The zero-order chi connectivity index (χ0) is 18.0. The Bertz CT molecular complexity index is 805. The Kier molecular flexibility index (Phi) is 4.77. The molecule has 0 aromatic carbocycles. The van der Waals surface area contributed by atoms with E-state index >= 15 is 0 Å². The second-order valence-electron chi connectivity index (χ2n) is 4.90. The fourth-order valence-corrected chi connectivity index (χ4v) is 3.84. The van der Waals surface area contributed by atoms with Crippen molar-refractivity contribution < 1.29 is 24.2 Å². The predicted molar refractivity (Wildman–Crippen MR) is 89.9 cm³/mol. The number of carbonyl (C=O) groups is 2. The number of esters is 2. The summed E-state index contributed by atoms with van der Waals surface area (Å²) in [7, 11) is 0. The molecule has 2 aromatic heterocycles. The molecule has 1 aliphatic rings. The molecule has 2 atom stereocenters. The van der Waals surface area contributed by atoms with Crippen LogP contribution in [0.15, 0.2) is 40.6 Å². The Morgan fingerprint density at radius 2 is 2.16 bits per heavy atom. The number of hydrogen-bond acceptors (Lipinski definition) is 9. The number of carbonyl (C=O) groups excluding carboxylic acids is 2. The number of aliphatic hydroxyl groups excluding tert-OH is 1. The molecule has 2 unspecified atom stereocenters. The fraction of sp³-hybridized carbons (Fsp3) is 0.286. The highest BCUT2D eigenvalue weighted by molar-refractivity contribution is 8.03. The van der Waals surface area contributed by atoms with E-state index in [0.717, 1.165) is 11.8 Å². The van der Waals surface area contributed by atoms with Gasteiger partial charge in [-0.3, -0.25) is 0 Å². The number of aliphatic hydroxyl groups is 1. The summed E-state index contributed by atoms with van der Waals surface area (Å²) in [5, 5.41) is 9.55. The molecule has 3 N–H and O–H groups in total. The summed E-state index contributed by atoms with van der Waals surface area (Å²) in [5.41, 5.74) is -1.99. The van der Waals surface area contributed by atoms with Crippen molar-refractivity contribution in [3.63, 3.8) is 0 Å². The smallest absolute Gasteiger partial charge is 0.375 e. The lowest BCUT2D eigenvalue weighted by atomic mass is 9.98. The summed E-state index contributed by atoms with van der Waals surface area (Å²) < 4.78 is 10.4. The van der Waals surface area contributed by atoms with Crippen molar-refractivity contribution in [1.29, 1.82) is 0 Å². The number of hydrogen-bond donors (Lipinski definition) is 4. The molecule has 3 heterocycles. The average molecular weight is 382 g/mol. The van der Waals surface area contributed by atoms with Crippen molar-refractivity contribution in [2.45, 2.75) is 22.9 Å².